The van der Waals surface area contributed by atoms with Gasteiger partial charge in [0.15, 0.2) is 0 Å². The number of benzene rings is 1. The van der Waals surface area contributed by atoms with Crippen LogP contribution in [-0.2, 0) is 0 Å². The van der Waals surface area contributed by atoms with Crippen molar-refractivity contribution in [2.75, 3.05) is 0 Å². The summed E-state index contributed by atoms with van der Waals surface area (Å²) in [6.45, 7) is 0. The van der Waals surface area contributed by atoms with Crippen LogP contribution in [0.3, 0.4) is 0 Å². The fourth-order valence-corrected chi connectivity index (χ4v) is 12.1. The molecule has 1 aromatic rings. The van der Waals surface area contributed by atoms with E-state index >= 15 is 0 Å². The van der Waals surface area contributed by atoms with E-state index in [0.29, 0.717) is 0 Å². The first-order valence-electron chi connectivity index (χ1n) is 8.47. The first kappa shape index (κ1) is 15.1. The average Bonchev–Trinajstić information content (AvgIpc) is 2.56. The third-order valence-corrected chi connectivity index (χ3v) is 14.8. The van der Waals surface area contributed by atoms with Gasteiger partial charge in [0.1, 0.15) is 0 Å². The monoisotopic (exact) mass is 354 g/mol. The molecule has 0 bridgehead atoms. The fourth-order valence-electron chi connectivity index (χ4n) is 4.31. The third kappa shape index (κ3) is 3.01. The van der Waals surface area contributed by atoms with Crippen LogP contribution in [0.1, 0.15) is 64.2 Å². The molecule has 0 spiro atoms. The minimum atomic E-state index is -1.10. The molecule has 1 aromatic carbocycles. The Hall–Kier alpha value is 0.169. The molecule has 0 atom stereocenters. The Morgan fingerprint density at radius 3 is 1.60 bits per heavy atom. The van der Waals surface area contributed by atoms with Crippen LogP contribution in [0, 0.1) is 0 Å². The molecule has 0 saturated heterocycles. The zero-order valence-corrected chi connectivity index (χ0v) is 15.1. The molecule has 0 heterocycles. The molecule has 2 aliphatic carbocycles. The molecule has 0 amide bonds. The van der Waals surface area contributed by atoms with Crippen molar-refractivity contribution in [2.24, 2.45) is 0 Å². The Balaban J connectivity index is 1.95. The SMILES string of the molecule is [Se]=P(c1ccccc1)(C1CCCCC1)C1CCCCC1. The van der Waals surface area contributed by atoms with Gasteiger partial charge in [0.05, 0.1) is 0 Å². The van der Waals surface area contributed by atoms with Gasteiger partial charge in [0.2, 0.25) is 0 Å². The molecule has 2 saturated carbocycles. The van der Waals surface area contributed by atoms with Gasteiger partial charge in [-0.3, -0.25) is 0 Å². The van der Waals surface area contributed by atoms with Crippen LogP contribution in [0.4, 0.5) is 0 Å². The molecule has 0 aliphatic heterocycles. The molecule has 0 radical (unpaired) electrons. The summed E-state index contributed by atoms with van der Waals surface area (Å²) in [5, 5.41) is 1.68. The molecule has 110 valence electrons. The van der Waals surface area contributed by atoms with Crippen LogP contribution in [0.25, 0.3) is 0 Å². The Kier molecular flexibility index (Phi) is 5.24. The maximum absolute atomic E-state index is 3.86. The summed E-state index contributed by atoms with van der Waals surface area (Å²) in [5.41, 5.74) is 0.850. The topological polar surface area (TPSA) is 0 Å². The molecule has 2 heteroatoms. The van der Waals surface area contributed by atoms with E-state index in [-0.39, 0.29) is 0 Å². The molecule has 0 unspecified atom stereocenters. The van der Waals surface area contributed by atoms with E-state index < -0.39 is 5.51 Å². The van der Waals surface area contributed by atoms with Gasteiger partial charge in [-0.25, -0.2) is 0 Å². The second-order valence-electron chi connectivity index (χ2n) is 6.63. The Morgan fingerprint density at radius 1 is 0.700 bits per heavy atom. The second-order valence-corrected chi connectivity index (χ2v) is 13.8. The third-order valence-electron chi connectivity index (χ3n) is 5.39. The van der Waals surface area contributed by atoms with Crippen LogP contribution in [0.2, 0.25) is 0 Å². The Morgan fingerprint density at radius 2 is 1.15 bits per heavy atom. The molecule has 3 rings (SSSR count). The predicted octanol–water partition coefficient (Wildman–Crippen LogP) is 5.08. The van der Waals surface area contributed by atoms with Crippen LogP contribution >= 0.6 is 5.51 Å². The van der Waals surface area contributed by atoms with Crippen molar-refractivity contribution in [1.82, 2.24) is 0 Å². The first-order valence-corrected chi connectivity index (χ1v) is 12.6. The summed E-state index contributed by atoms with van der Waals surface area (Å²) in [7, 11) is 0. The minimum absolute atomic E-state index is 0.974. The fraction of sp³-hybridized carbons (Fsp3) is 0.667. The maximum atomic E-state index is 3.86. The zero-order chi connectivity index (χ0) is 13.8. The summed E-state index contributed by atoms with van der Waals surface area (Å²) in [6, 6.07) is 11.5. The van der Waals surface area contributed by atoms with E-state index in [0.717, 1.165) is 11.3 Å². The van der Waals surface area contributed by atoms with Crippen LogP contribution in [0.15, 0.2) is 30.3 Å². The number of hydrogen-bond acceptors (Lipinski definition) is 0. The van der Waals surface area contributed by atoms with E-state index in [1.54, 1.807) is 5.30 Å². The standard InChI is InChI=1S/C18H27PSe/c20-19(16-10-4-1-5-11-16,17-12-6-2-7-13-17)18-14-8-3-9-15-18/h1,4-5,10-11,17-18H,2-3,6-9,12-15H2. The molecule has 0 nitrogen and oxygen atoms in total. The van der Waals surface area contributed by atoms with Gasteiger partial charge in [0, 0.05) is 0 Å². The van der Waals surface area contributed by atoms with Crippen molar-refractivity contribution in [3.05, 3.63) is 30.3 Å². The molecule has 20 heavy (non-hydrogen) atoms. The predicted molar refractivity (Wildman–Crippen MR) is 92.5 cm³/mol. The molecule has 0 N–H and O–H groups in total. The van der Waals surface area contributed by atoms with Crippen molar-refractivity contribution in [2.45, 2.75) is 75.5 Å². The van der Waals surface area contributed by atoms with Crippen molar-refractivity contribution in [1.29, 1.82) is 0 Å². The zero-order valence-electron chi connectivity index (χ0n) is 12.5. The van der Waals surface area contributed by atoms with Crippen molar-refractivity contribution >= 4 is 25.9 Å². The quantitative estimate of drug-likeness (QED) is 0.525. The summed E-state index contributed by atoms with van der Waals surface area (Å²) >= 11 is 3.86. The molecule has 2 aliphatic rings. The number of hydrogen-bond donors (Lipinski definition) is 0. The van der Waals surface area contributed by atoms with Crippen LogP contribution in [-0.4, -0.2) is 26.4 Å². The molecular formula is C18H27PSe. The van der Waals surface area contributed by atoms with E-state index in [9.17, 15) is 0 Å². The van der Waals surface area contributed by atoms with Gasteiger partial charge in [-0.2, -0.15) is 0 Å². The summed E-state index contributed by atoms with van der Waals surface area (Å²) in [5.74, 6) is 0. The van der Waals surface area contributed by atoms with Crippen LogP contribution in [0.5, 0.6) is 0 Å². The molecule has 2 fully saturated rings. The first-order chi connectivity index (χ1) is 9.82. The van der Waals surface area contributed by atoms with Gasteiger partial charge < -0.3 is 0 Å². The summed E-state index contributed by atoms with van der Waals surface area (Å²) in [4.78, 5) is 0. The van der Waals surface area contributed by atoms with Crippen molar-refractivity contribution in [3.63, 3.8) is 0 Å². The van der Waals surface area contributed by atoms with Gasteiger partial charge in [-0.15, -0.1) is 0 Å². The average molecular weight is 353 g/mol. The van der Waals surface area contributed by atoms with Crippen molar-refractivity contribution in [3.8, 4) is 0 Å². The normalized spacial score (nSPS) is 22.8. The number of rotatable bonds is 3. The van der Waals surface area contributed by atoms with E-state index in [2.05, 4.69) is 45.4 Å². The van der Waals surface area contributed by atoms with Gasteiger partial charge in [-0.1, -0.05) is 0 Å². The Labute approximate surface area is 132 Å². The van der Waals surface area contributed by atoms with Gasteiger partial charge in [0.25, 0.3) is 0 Å². The van der Waals surface area contributed by atoms with E-state index in [1.165, 1.54) is 64.2 Å². The molecular weight excluding hydrogens is 326 g/mol. The summed E-state index contributed by atoms with van der Waals surface area (Å²) < 4.78 is 0. The van der Waals surface area contributed by atoms with Gasteiger partial charge in [-0.05, 0) is 0 Å². The van der Waals surface area contributed by atoms with E-state index in [4.69, 9.17) is 0 Å². The Bertz CT molecular complexity index is 434. The van der Waals surface area contributed by atoms with Crippen molar-refractivity contribution < 1.29 is 0 Å². The second kappa shape index (κ2) is 6.95. The van der Waals surface area contributed by atoms with Crippen LogP contribution < -0.4 is 5.30 Å². The van der Waals surface area contributed by atoms with E-state index in [1.807, 2.05) is 0 Å². The summed E-state index contributed by atoms with van der Waals surface area (Å²) in [6.07, 6.45) is 14.7. The molecule has 0 aromatic heterocycles. The van der Waals surface area contributed by atoms with Gasteiger partial charge >= 0.3 is 132 Å².